The van der Waals surface area contributed by atoms with Gasteiger partial charge in [-0.25, -0.2) is 4.79 Å². The predicted octanol–water partition coefficient (Wildman–Crippen LogP) is 2.24. The molecule has 1 aromatic carbocycles. The number of phenolic OH excluding ortho intramolecular Hbond substituents is 1. The number of aromatic hydroxyl groups is 1. The van der Waals surface area contributed by atoms with Gasteiger partial charge in [-0.2, -0.15) is 0 Å². The largest absolute Gasteiger partial charge is 0.507 e. The van der Waals surface area contributed by atoms with Crippen molar-refractivity contribution in [2.45, 2.75) is 20.3 Å². The van der Waals surface area contributed by atoms with Crippen LogP contribution in [-0.2, 0) is 9.53 Å². The van der Waals surface area contributed by atoms with E-state index in [0.717, 1.165) is 0 Å². The molecule has 0 saturated carbocycles. The summed E-state index contributed by atoms with van der Waals surface area (Å²) in [6.07, 6.45) is 1.25. The number of hydrogen-bond donors (Lipinski definition) is 1. The van der Waals surface area contributed by atoms with E-state index in [-0.39, 0.29) is 11.7 Å². The summed E-state index contributed by atoms with van der Waals surface area (Å²) in [6, 6.07) is 6.40. The number of carbonyl (C=O) groups excluding carboxylic acids is 2. The van der Waals surface area contributed by atoms with Crippen molar-refractivity contribution in [1.29, 1.82) is 0 Å². The zero-order valence-corrected chi connectivity index (χ0v) is 11.4. The Labute approximate surface area is 112 Å². The molecule has 0 aliphatic heterocycles. The average molecular weight is 265 g/mol. The minimum Gasteiger partial charge on any atom is -0.507 e. The Hall–Kier alpha value is -2.17. The third kappa shape index (κ3) is 6.35. The van der Waals surface area contributed by atoms with Crippen LogP contribution in [0.2, 0.25) is 0 Å². The van der Waals surface area contributed by atoms with Gasteiger partial charge in [0.2, 0.25) is 0 Å². The van der Waals surface area contributed by atoms with Crippen LogP contribution in [0.5, 0.6) is 5.75 Å². The molecule has 0 fully saturated rings. The number of phenols is 1. The maximum absolute atomic E-state index is 10.9. The lowest BCUT2D eigenvalue weighted by Gasteiger charge is -2.00. The van der Waals surface area contributed by atoms with E-state index in [9.17, 15) is 9.59 Å². The Bertz CT molecular complexity index is 441. The summed E-state index contributed by atoms with van der Waals surface area (Å²) in [5, 5.41) is 8.88. The van der Waals surface area contributed by atoms with E-state index in [1.54, 1.807) is 32.2 Å². The standard InChI is InChI=1S/C7H13NO2.C7H6O2/c1-4-6(8-3)7(9)10-5-2;8-5-6-3-1-2-4-7(6)9/h4-5H2,1-3H3;1-5,9H. The monoisotopic (exact) mass is 265 g/mol. The predicted molar refractivity (Wildman–Crippen MR) is 73.8 cm³/mol. The van der Waals surface area contributed by atoms with Gasteiger partial charge in [-0.3, -0.25) is 9.79 Å². The first kappa shape index (κ1) is 16.8. The molecule has 1 N–H and O–H groups in total. The van der Waals surface area contributed by atoms with Gasteiger partial charge in [-0.15, -0.1) is 0 Å². The number of rotatable bonds is 4. The molecular weight excluding hydrogens is 246 g/mol. The van der Waals surface area contributed by atoms with Crippen LogP contribution in [0.4, 0.5) is 0 Å². The Morgan fingerprint density at radius 1 is 1.37 bits per heavy atom. The van der Waals surface area contributed by atoms with Crippen LogP contribution < -0.4 is 0 Å². The highest BCUT2D eigenvalue weighted by atomic mass is 16.5. The zero-order chi connectivity index (χ0) is 14.7. The fourth-order valence-corrected chi connectivity index (χ4v) is 1.20. The first-order valence-electron chi connectivity index (χ1n) is 5.96. The molecule has 19 heavy (non-hydrogen) atoms. The van der Waals surface area contributed by atoms with Gasteiger partial charge in [-0.05, 0) is 25.5 Å². The molecule has 0 bridgehead atoms. The lowest BCUT2D eigenvalue weighted by Crippen LogP contribution is -2.16. The number of aliphatic imine (C=N–C) groups is 1. The third-order valence-electron chi connectivity index (χ3n) is 2.18. The van der Waals surface area contributed by atoms with Gasteiger partial charge in [0.15, 0.2) is 6.29 Å². The molecule has 0 spiro atoms. The molecular formula is C14H19NO4. The maximum Gasteiger partial charge on any atom is 0.352 e. The van der Waals surface area contributed by atoms with Gasteiger partial charge < -0.3 is 9.84 Å². The van der Waals surface area contributed by atoms with Gasteiger partial charge in [0.25, 0.3) is 0 Å². The summed E-state index contributed by atoms with van der Waals surface area (Å²) in [6.45, 7) is 4.07. The lowest BCUT2D eigenvalue weighted by atomic mass is 10.2. The van der Waals surface area contributed by atoms with Crippen LogP contribution in [0, 0.1) is 0 Å². The molecule has 5 heteroatoms. The molecule has 0 aromatic heterocycles. The smallest absolute Gasteiger partial charge is 0.352 e. The summed E-state index contributed by atoms with van der Waals surface area (Å²) < 4.78 is 4.72. The third-order valence-corrected chi connectivity index (χ3v) is 2.18. The minimum absolute atomic E-state index is 0.0347. The zero-order valence-electron chi connectivity index (χ0n) is 11.4. The van der Waals surface area contributed by atoms with E-state index in [4.69, 9.17) is 9.84 Å². The van der Waals surface area contributed by atoms with Crippen molar-refractivity contribution in [3.05, 3.63) is 29.8 Å². The number of ether oxygens (including phenoxy) is 1. The van der Waals surface area contributed by atoms with Crippen LogP contribution >= 0.6 is 0 Å². The summed E-state index contributed by atoms with van der Waals surface area (Å²) in [7, 11) is 1.59. The molecule has 0 unspecified atom stereocenters. The lowest BCUT2D eigenvalue weighted by molar-refractivity contribution is -0.135. The first-order chi connectivity index (χ1) is 9.10. The van der Waals surface area contributed by atoms with Crippen LogP contribution in [0.15, 0.2) is 29.3 Å². The summed E-state index contributed by atoms with van der Waals surface area (Å²) in [5.74, 6) is -0.264. The van der Waals surface area contributed by atoms with Crippen LogP contribution in [0.3, 0.4) is 0 Å². The molecule has 5 nitrogen and oxygen atoms in total. The second-order valence-electron chi connectivity index (χ2n) is 3.42. The van der Waals surface area contributed by atoms with E-state index >= 15 is 0 Å². The number of aldehydes is 1. The van der Waals surface area contributed by atoms with E-state index in [1.807, 2.05) is 6.92 Å². The number of esters is 1. The Morgan fingerprint density at radius 2 is 2.00 bits per heavy atom. The number of hydrogen-bond acceptors (Lipinski definition) is 5. The second-order valence-corrected chi connectivity index (χ2v) is 3.42. The minimum atomic E-state index is -0.299. The van der Waals surface area contributed by atoms with E-state index in [0.29, 0.717) is 30.6 Å². The van der Waals surface area contributed by atoms with Crippen molar-refractivity contribution < 1.29 is 19.4 Å². The number of carbonyl (C=O) groups is 2. The molecule has 1 rings (SSSR count). The van der Waals surface area contributed by atoms with Crippen LogP contribution in [0.1, 0.15) is 30.6 Å². The fraction of sp³-hybridized carbons (Fsp3) is 0.357. The second kappa shape index (κ2) is 9.82. The number of nitrogens with zero attached hydrogens (tertiary/aromatic N) is 1. The van der Waals surface area contributed by atoms with Crippen molar-refractivity contribution in [2.24, 2.45) is 4.99 Å². The Kier molecular flexibility index (Phi) is 8.70. The summed E-state index contributed by atoms with van der Waals surface area (Å²) in [5.41, 5.74) is 0.833. The SMILES string of the molecule is CCOC(=O)C(CC)=NC.O=Cc1ccccc1O. The molecule has 0 radical (unpaired) electrons. The van der Waals surface area contributed by atoms with Crippen LogP contribution in [0.25, 0.3) is 0 Å². The fourth-order valence-electron chi connectivity index (χ4n) is 1.20. The molecule has 0 amide bonds. The van der Waals surface area contributed by atoms with Crippen molar-refractivity contribution >= 4 is 18.0 Å². The van der Waals surface area contributed by atoms with Crippen molar-refractivity contribution in [3.8, 4) is 5.75 Å². The molecule has 0 aliphatic carbocycles. The molecule has 0 atom stereocenters. The van der Waals surface area contributed by atoms with E-state index < -0.39 is 0 Å². The van der Waals surface area contributed by atoms with Gasteiger partial charge in [-0.1, -0.05) is 19.1 Å². The molecule has 104 valence electrons. The molecule has 1 aromatic rings. The number of para-hydroxylation sites is 1. The van der Waals surface area contributed by atoms with E-state index in [1.165, 1.54) is 6.07 Å². The van der Waals surface area contributed by atoms with Crippen molar-refractivity contribution in [2.75, 3.05) is 13.7 Å². The Balaban J connectivity index is 0.000000342. The van der Waals surface area contributed by atoms with Crippen molar-refractivity contribution in [1.82, 2.24) is 0 Å². The average Bonchev–Trinajstić information content (AvgIpc) is 2.42. The van der Waals surface area contributed by atoms with Gasteiger partial charge in [0.05, 0.1) is 12.2 Å². The first-order valence-corrected chi connectivity index (χ1v) is 5.96. The van der Waals surface area contributed by atoms with Gasteiger partial charge in [0, 0.05) is 7.05 Å². The topological polar surface area (TPSA) is 76.0 Å². The molecule has 0 aliphatic rings. The highest BCUT2D eigenvalue weighted by Crippen LogP contribution is 2.11. The summed E-state index contributed by atoms with van der Waals surface area (Å²) in [4.78, 5) is 24.7. The quantitative estimate of drug-likeness (QED) is 0.514. The molecule has 0 saturated heterocycles. The van der Waals surface area contributed by atoms with Crippen molar-refractivity contribution in [3.63, 3.8) is 0 Å². The number of benzene rings is 1. The van der Waals surface area contributed by atoms with Gasteiger partial charge >= 0.3 is 5.97 Å². The molecule has 0 heterocycles. The van der Waals surface area contributed by atoms with E-state index in [2.05, 4.69) is 4.99 Å². The highest BCUT2D eigenvalue weighted by molar-refractivity contribution is 6.36. The Morgan fingerprint density at radius 3 is 2.37 bits per heavy atom. The normalized spacial score (nSPS) is 10.2. The summed E-state index contributed by atoms with van der Waals surface area (Å²) >= 11 is 0. The maximum atomic E-state index is 10.9. The van der Waals surface area contributed by atoms with Crippen LogP contribution in [-0.4, -0.2) is 36.7 Å². The highest BCUT2D eigenvalue weighted by Gasteiger charge is 2.07. The van der Waals surface area contributed by atoms with Gasteiger partial charge in [0.1, 0.15) is 11.5 Å².